The van der Waals surface area contributed by atoms with Crippen LogP contribution in [0, 0.1) is 11.6 Å². The first-order valence-electron chi connectivity index (χ1n) is 9.06. The van der Waals surface area contributed by atoms with Gasteiger partial charge in [-0.3, -0.25) is 4.31 Å². The van der Waals surface area contributed by atoms with Crippen molar-refractivity contribution in [3.8, 4) is 11.5 Å². The number of rotatable bonds is 7. The van der Waals surface area contributed by atoms with Gasteiger partial charge in [-0.1, -0.05) is 18.2 Å². The summed E-state index contributed by atoms with van der Waals surface area (Å²) in [7, 11) is -1.28. The molecule has 0 aliphatic heterocycles. The molecule has 0 aliphatic carbocycles. The van der Waals surface area contributed by atoms with E-state index in [0.717, 1.165) is 16.4 Å². The second-order valence-electron chi connectivity index (χ2n) is 6.49. The van der Waals surface area contributed by atoms with Gasteiger partial charge in [-0.25, -0.2) is 17.2 Å². The Labute approximate surface area is 174 Å². The van der Waals surface area contributed by atoms with Gasteiger partial charge < -0.3 is 9.47 Å². The van der Waals surface area contributed by atoms with Crippen LogP contribution in [0.1, 0.15) is 18.5 Å². The van der Waals surface area contributed by atoms with Crippen LogP contribution in [0.4, 0.5) is 14.5 Å². The average Bonchev–Trinajstić information content (AvgIpc) is 2.74. The molecule has 0 fully saturated rings. The molecule has 0 saturated heterocycles. The maximum absolute atomic E-state index is 14.5. The number of halogens is 2. The average molecular weight is 433 g/mol. The molecule has 3 rings (SSSR count). The molecule has 1 unspecified atom stereocenters. The summed E-state index contributed by atoms with van der Waals surface area (Å²) >= 11 is 0. The van der Waals surface area contributed by atoms with Gasteiger partial charge in [0.25, 0.3) is 10.0 Å². The maximum Gasteiger partial charge on any atom is 0.264 e. The zero-order valence-corrected chi connectivity index (χ0v) is 17.5. The second-order valence-corrected chi connectivity index (χ2v) is 8.31. The monoisotopic (exact) mass is 433 g/mol. The van der Waals surface area contributed by atoms with Crippen LogP contribution in [-0.2, 0) is 10.0 Å². The molecular formula is C22H21F2NO4S. The summed E-state index contributed by atoms with van der Waals surface area (Å²) in [5, 5.41) is 0. The first kappa shape index (κ1) is 21.6. The molecule has 0 bridgehead atoms. The van der Waals surface area contributed by atoms with Gasteiger partial charge in [-0.2, -0.15) is 0 Å². The molecule has 0 radical (unpaired) electrons. The minimum Gasteiger partial charge on any atom is -0.493 e. The Balaban J connectivity index is 2.21. The van der Waals surface area contributed by atoms with E-state index in [1.165, 1.54) is 50.6 Å². The Bertz CT molecular complexity index is 1130. The fourth-order valence-electron chi connectivity index (χ4n) is 3.19. The van der Waals surface area contributed by atoms with Crippen molar-refractivity contribution in [2.75, 3.05) is 18.5 Å². The number of hydrogen-bond donors (Lipinski definition) is 0. The molecule has 0 heterocycles. The van der Waals surface area contributed by atoms with Crippen LogP contribution < -0.4 is 13.8 Å². The molecule has 30 heavy (non-hydrogen) atoms. The van der Waals surface area contributed by atoms with Gasteiger partial charge in [0.05, 0.1) is 30.8 Å². The number of benzene rings is 3. The van der Waals surface area contributed by atoms with Gasteiger partial charge in [-0.15, -0.1) is 0 Å². The lowest BCUT2D eigenvalue weighted by atomic mass is 10.1. The maximum atomic E-state index is 14.5. The fourth-order valence-corrected chi connectivity index (χ4v) is 4.82. The van der Waals surface area contributed by atoms with E-state index in [-0.39, 0.29) is 16.1 Å². The van der Waals surface area contributed by atoms with Crippen LogP contribution in [-0.4, -0.2) is 22.6 Å². The van der Waals surface area contributed by atoms with Gasteiger partial charge in [0.15, 0.2) is 11.5 Å². The van der Waals surface area contributed by atoms with E-state index in [1.807, 2.05) is 0 Å². The third-order valence-electron chi connectivity index (χ3n) is 4.70. The molecule has 0 N–H and O–H groups in total. The van der Waals surface area contributed by atoms with Crippen molar-refractivity contribution in [1.82, 2.24) is 0 Å². The van der Waals surface area contributed by atoms with Crippen LogP contribution in [0.15, 0.2) is 71.6 Å². The molecule has 0 spiro atoms. The van der Waals surface area contributed by atoms with E-state index < -0.39 is 27.7 Å². The molecule has 3 aromatic carbocycles. The largest absolute Gasteiger partial charge is 0.493 e. The second kappa shape index (κ2) is 8.71. The van der Waals surface area contributed by atoms with E-state index in [9.17, 15) is 17.2 Å². The van der Waals surface area contributed by atoms with E-state index >= 15 is 0 Å². The quantitative estimate of drug-likeness (QED) is 0.530. The topological polar surface area (TPSA) is 55.8 Å². The summed E-state index contributed by atoms with van der Waals surface area (Å²) in [6, 6.07) is 14.1. The zero-order chi connectivity index (χ0) is 21.9. The first-order chi connectivity index (χ1) is 14.3. The standard InChI is InChI=1S/C22H21F2NO4S/c1-15(19-6-4-5-7-20(19)24)25(17-10-13-21(28-2)22(14-17)29-3)30(26,27)18-11-8-16(23)9-12-18/h4-15H,1-3H3. The van der Waals surface area contributed by atoms with Crippen molar-refractivity contribution in [3.05, 3.63) is 83.9 Å². The van der Waals surface area contributed by atoms with Crippen LogP contribution in [0.2, 0.25) is 0 Å². The first-order valence-corrected chi connectivity index (χ1v) is 10.5. The van der Waals surface area contributed by atoms with Crippen LogP contribution >= 0.6 is 0 Å². The van der Waals surface area contributed by atoms with Crippen LogP contribution in [0.5, 0.6) is 11.5 Å². The van der Waals surface area contributed by atoms with Gasteiger partial charge in [-0.05, 0) is 49.4 Å². The highest BCUT2D eigenvalue weighted by molar-refractivity contribution is 7.92. The summed E-state index contributed by atoms with van der Waals surface area (Å²) in [6.45, 7) is 1.58. The Morgan fingerprint density at radius 3 is 2.10 bits per heavy atom. The molecule has 8 heteroatoms. The number of methoxy groups -OCH3 is 2. The predicted molar refractivity (Wildman–Crippen MR) is 110 cm³/mol. The van der Waals surface area contributed by atoms with Crippen molar-refractivity contribution in [3.63, 3.8) is 0 Å². The Kier molecular flexibility index (Phi) is 6.26. The van der Waals surface area contributed by atoms with Crippen LogP contribution in [0.25, 0.3) is 0 Å². The minimum atomic E-state index is -4.18. The summed E-state index contributed by atoms with van der Waals surface area (Å²) in [4.78, 5) is -0.123. The third kappa shape index (κ3) is 4.09. The fraction of sp³-hybridized carbons (Fsp3) is 0.182. The SMILES string of the molecule is COc1ccc(N(C(C)c2ccccc2F)S(=O)(=O)c2ccc(F)cc2)cc1OC. The minimum absolute atomic E-state index is 0.123. The third-order valence-corrected chi connectivity index (χ3v) is 6.61. The summed E-state index contributed by atoms with van der Waals surface area (Å²) in [5.41, 5.74) is 0.436. The van der Waals surface area contributed by atoms with Gasteiger partial charge in [0.2, 0.25) is 0 Å². The molecule has 0 aromatic heterocycles. The normalized spacial score (nSPS) is 12.3. The molecule has 5 nitrogen and oxygen atoms in total. The van der Waals surface area contributed by atoms with Crippen molar-refractivity contribution in [2.24, 2.45) is 0 Å². The van der Waals surface area contributed by atoms with E-state index in [4.69, 9.17) is 9.47 Å². The lowest BCUT2D eigenvalue weighted by molar-refractivity contribution is 0.355. The molecule has 158 valence electrons. The number of ether oxygens (including phenoxy) is 2. The van der Waals surface area contributed by atoms with E-state index in [2.05, 4.69) is 0 Å². The number of hydrogen-bond acceptors (Lipinski definition) is 4. The zero-order valence-electron chi connectivity index (χ0n) is 16.7. The lowest BCUT2D eigenvalue weighted by Crippen LogP contribution is -2.34. The number of anilines is 1. The Morgan fingerprint density at radius 1 is 0.867 bits per heavy atom. The summed E-state index contributed by atoms with van der Waals surface area (Å²) in [5.74, 6) is -0.368. The summed E-state index contributed by atoms with van der Waals surface area (Å²) in [6.07, 6.45) is 0. The molecule has 0 saturated carbocycles. The predicted octanol–water partition coefficient (Wildman–Crippen LogP) is 4.94. The lowest BCUT2D eigenvalue weighted by Gasteiger charge is -2.31. The Hall–Kier alpha value is -3.13. The highest BCUT2D eigenvalue weighted by Gasteiger charge is 2.32. The summed E-state index contributed by atoms with van der Waals surface area (Å²) < 4.78 is 66.6. The highest BCUT2D eigenvalue weighted by atomic mass is 32.2. The van der Waals surface area contributed by atoms with Crippen molar-refractivity contribution < 1.29 is 26.7 Å². The van der Waals surface area contributed by atoms with Gasteiger partial charge >= 0.3 is 0 Å². The molecule has 3 aromatic rings. The van der Waals surface area contributed by atoms with E-state index in [1.54, 1.807) is 25.1 Å². The Morgan fingerprint density at radius 2 is 1.50 bits per heavy atom. The molecule has 0 aliphatic rings. The van der Waals surface area contributed by atoms with Crippen molar-refractivity contribution in [1.29, 1.82) is 0 Å². The van der Waals surface area contributed by atoms with E-state index in [0.29, 0.717) is 11.5 Å². The molecule has 0 amide bonds. The number of nitrogens with zero attached hydrogens (tertiary/aromatic N) is 1. The smallest absolute Gasteiger partial charge is 0.264 e. The highest BCUT2D eigenvalue weighted by Crippen LogP contribution is 2.38. The number of sulfonamides is 1. The van der Waals surface area contributed by atoms with Crippen molar-refractivity contribution >= 4 is 15.7 Å². The van der Waals surface area contributed by atoms with Gasteiger partial charge in [0, 0.05) is 11.6 Å². The van der Waals surface area contributed by atoms with Gasteiger partial charge in [0.1, 0.15) is 11.6 Å². The van der Waals surface area contributed by atoms with Crippen molar-refractivity contribution in [2.45, 2.75) is 17.9 Å². The molecule has 1 atom stereocenters. The van der Waals surface area contributed by atoms with Crippen LogP contribution in [0.3, 0.4) is 0 Å². The molecular weight excluding hydrogens is 412 g/mol.